The van der Waals surface area contributed by atoms with Crippen LogP contribution in [0.3, 0.4) is 0 Å². The third kappa shape index (κ3) is 4.93. The van der Waals surface area contributed by atoms with Crippen LogP contribution in [0.15, 0.2) is 83.7 Å². The number of aryl methyl sites for hydroxylation is 1. The van der Waals surface area contributed by atoms with Crippen molar-refractivity contribution in [3.63, 3.8) is 0 Å². The van der Waals surface area contributed by atoms with E-state index in [1.54, 1.807) is 10.6 Å². The minimum atomic E-state index is -0.413. The van der Waals surface area contributed by atoms with Crippen LogP contribution in [0.1, 0.15) is 50.2 Å². The van der Waals surface area contributed by atoms with Crippen LogP contribution in [-0.4, -0.2) is 20.4 Å². The lowest BCUT2D eigenvalue weighted by Gasteiger charge is -2.31. The second-order valence-electron chi connectivity index (χ2n) is 9.25. The smallest absolute Gasteiger partial charge is 0.266 e. The van der Waals surface area contributed by atoms with Gasteiger partial charge in [-0.3, -0.25) is 14.2 Å². The van der Waals surface area contributed by atoms with Gasteiger partial charge >= 0.3 is 0 Å². The quantitative estimate of drug-likeness (QED) is 0.354. The second-order valence-corrected chi connectivity index (χ2v) is 9.25. The topological polar surface area (TPSA) is 55.2 Å². The van der Waals surface area contributed by atoms with Crippen LogP contribution in [0.5, 0.6) is 0 Å². The van der Waals surface area contributed by atoms with Gasteiger partial charge in [-0.1, -0.05) is 68.4 Å². The number of benzene rings is 3. The molecule has 0 radical (unpaired) electrons. The number of nitrogens with zero attached hydrogens (tertiary/aromatic N) is 3. The van der Waals surface area contributed by atoms with Crippen molar-refractivity contribution >= 4 is 16.8 Å². The molecule has 0 fully saturated rings. The molecule has 34 heavy (non-hydrogen) atoms. The Labute approximate surface area is 200 Å². The fraction of sp³-hybridized carbons (Fsp3) is 0.276. The van der Waals surface area contributed by atoms with Gasteiger partial charge in [-0.15, -0.1) is 0 Å². The summed E-state index contributed by atoms with van der Waals surface area (Å²) in [6.07, 6.45) is 0.430. The zero-order chi connectivity index (χ0) is 24.2. The number of aromatic nitrogens is 2. The number of rotatable bonds is 7. The van der Waals surface area contributed by atoms with E-state index in [0.29, 0.717) is 29.7 Å². The maximum atomic E-state index is 13.7. The summed E-state index contributed by atoms with van der Waals surface area (Å²) in [5, 5.41) is 0.558. The molecular formula is C29H31N3O2. The Kier molecular flexibility index (Phi) is 6.92. The lowest BCUT2D eigenvalue weighted by atomic mass is 10.1. The van der Waals surface area contributed by atoms with E-state index in [-0.39, 0.29) is 17.4 Å². The number of carbonyl (C=O) groups excluding carboxylic acids is 1. The molecule has 4 rings (SSSR count). The maximum absolute atomic E-state index is 13.7. The molecule has 0 aliphatic rings. The molecule has 1 aromatic heterocycles. The molecule has 4 aromatic rings. The van der Waals surface area contributed by atoms with E-state index in [2.05, 4.69) is 0 Å². The molecule has 1 atom stereocenters. The molecule has 1 unspecified atom stereocenters. The lowest BCUT2D eigenvalue weighted by molar-refractivity contribution is -0.135. The van der Waals surface area contributed by atoms with Crippen LogP contribution in [0.25, 0.3) is 16.6 Å². The minimum absolute atomic E-state index is 0.0459. The van der Waals surface area contributed by atoms with E-state index in [9.17, 15) is 9.59 Å². The van der Waals surface area contributed by atoms with Gasteiger partial charge in [0.1, 0.15) is 5.82 Å². The highest BCUT2D eigenvalue weighted by Crippen LogP contribution is 2.26. The number of amides is 1. The first kappa shape index (κ1) is 23.4. The predicted octanol–water partition coefficient (Wildman–Crippen LogP) is 5.83. The van der Waals surface area contributed by atoms with Crippen molar-refractivity contribution in [2.45, 2.75) is 46.7 Å². The first-order valence-corrected chi connectivity index (χ1v) is 11.8. The highest BCUT2D eigenvalue weighted by atomic mass is 16.2. The van der Waals surface area contributed by atoms with Gasteiger partial charge in [0.2, 0.25) is 5.91 Å². The van der Waals surface area contributed by atoms with E-state index < -0.39 is 6.04 Å². The molecule has 0 aliphatic carbocycles. The Morgan fingerprint density at radius 2 is 1.65 bits per heavy atom. The van der Waals surface area contributed by atoms with Gasteiger partial charge in [0.15, 0.2) is 0 Å². The van der Waals surface area contributed by atoms with E-state index in [4.69, 9.17) is 4.98 Å². The van der Waals surface area contributed by atoms with Crippen LogP contribution < -0.4 is 5.56 Å². The van der Waals surface area contributed by atoms with Crippen molar-refractivity contribution in [3.8, 4) is 5.69 Å². The van der Waals surface area contributed by atoms with Gasteiger partial charge < -0.3 is 4.90 Å². The fourth-order valence-electron chi connectivity index (χ4n) is 4.27. The summed E-state index contributed by atoms with van der Waals surface area (Å²) in [4.78, 5) is 33.9. The largest absolute Gasteiger partial charge is 0.328 e. The monoisotopic (exact) mass is 453 g/mol. The van der Waals surface area contributed by atoms with Gasteiger partial charge in [0, 0.05) is 13.0 Å². The van der Waals surface area contributed by atoms with Crippen molar-refractivity contribution in [1.82, 2.24) is 14.5 Å². The molecular weight excluding hydrogens is 422 g/mol. The Morgan fingerprint density at radius 1 is 0.941 bits per heavy atom. The van der Waals surface area contributed by atoms with Gasteiger partial charge in [0.25, 0.3) is 5.56 Å². The second kappa shape index (κ2) is 10.0. The van der Waals surface area contributed by atoms with Crippen molar-refractivity contribution in [2.75, 3.05) is 0 Å². The summed E-state index contributed by atoms with van der Waals surface area (Å²) in [5.74, 6) is 0.827. The first-order valence-electron chi connectivity index (χ1n) is 11.8. The number of hydrogen-bond acceptors (Lipinski definition) is 3. The van der Waals surface area contributed by atoms with E-state index in [1.807, 2.05) is 105 Å². The number of carbonyl (C=O) groups is 1. The third-order valence-electron chi connectivity index (χ3n) is 6.00. The minimum Gasteiger partial charge on any atom is -0.328 e. The Hall–Kier alpha value is -3.73. The Bertz CT molecular complexity index is 1360. The third-order valence-corrected chi connectivity index (χ3v) is 6.00. The lowest BCUT2D eigenvalue weighted by Crippen LogP contribution is -2.37. The summed E-state index contributed by atoms with van der Waals surface area (Å²) < 4.78 is 1.67. The van der Waals surface area contributed by atoms with Crippen molar-refractivity contribution < 1.29 is 4.79 Å². The average Bonchev–Trinajstić information content (AvgIpc) is 2.82. The summed E-state index contributed by atoms with van der Waals surface area (Å²) in [6, 6.07) is 24.8. The number of para-hydroxylation sites is 1. The SMILES string of the molecule is Cc1cccc(-n2c(C(C)N(Cc3ccccc3)C(=O)CC(C)C)nc3ccccc3c2=O)c1. The van der Waals surface area contributed by atoms with Gasteiger partial charge in [-0.2, -0.15) is 0 Å². The molecule has 0 aliphatic heterocycles. The van der Waals surface area contributed by atoms with E-state index in [1.165, 1.54) is 0 Å². The van der Waals surface area contributed by atoms with E-state index >= 15 is 0 Å². The molecule has 0 bridgehead atoms. The molecule has 0 saturated carbocycles. The normalized spacial score (nSPS) is 12.1. The van der Waals surface area contributed by atoms with Gasteiger partial charge in [0.05, 0.1) is 22.6 Å². The molecule has 5 heteroatoms. The predicted molar refractivity (Wildman–Crippen MR) is 137 cm³/mol. The Morgan fingerprint density at radius 3 is 2.35 bits per heavy atom. The van der Waals surface area contributed by atoms with Crippen LogP contribution in [0.4, 0.5) is 0 Å². The van der Waals surface area contributed by atoms with Gasteiger partial charge in [-0.05, 0) is 55.2 Å². The highest BCUT2D eigenvalue weighted by molar-refractivity contribution is 5.79. The highest BCUT2D eigenvalue weighted by Gasteiger charge is 2.27. The molecule has 1 amide bonds. The van der Waals surface area contributed by atoms with Crippen molar-refractivity contribution in [1.29, 1.82) is 0 Å². The number of hydrogen-bond donors (Lipinski definition) is 0. The van der Waals surface area contributed by atoms with Crippen LogP contribution in [0.2, 0.25) is 0 Å². The summed E-state index contributed by atoms with van der Waals surface area (Å²) >= 11 is 0. The number of fused-ring (bicyclic) bond motifs is 1. The molecule has 0 spiro atoms. The van der Waals surface area contributed by atoms with E-state index in [0.717, 1.165) is 16.8 Å². The molecule has 174 valence electrons. The van der Waals surface area contributed by atoms with Crippen molar-refractivity contribution in [2.24, 2.45) is 5.92 Å². The molecule has 0 saturated heterocycles. The summed E-state index contributed by atoms with van der Waals surface area (Å²) in [6.45, 7) is 8.49. The standard InChI is InChI=1S/C29H31N3O2/c1-20(2)17-27(33)31(19-23-12-6-5-7-13-23)22(4)28-30-26-16-9-8-15-25(26)29(34)32(28)24-14-10-11-21(3)18-24/h5-16,18,20,22H,17,19H2,1-4H3. The van der Waals surface area contributed by atoms with Crippen molar-refractivity contribution in [3.05, 3.63) is 106 Å². The molecule has 1 heterocycles. The summed E-state index contributed by atoms with van der Waals surface area (Å²) in [7, 11) is 0. The fourth-order valence-corrected chi connectivity index (χ4v) is 4.27. The molecule has 0 N–H and O–H groups in total. The van der Waals surface area contributed by atoms with Crippen LogP contribution in [-0.2, 0) is 11.3 Å². The first-order chi connectivity index (χ1) is 16.3. The summed E-state index contributed by atoms with van der Waals surface area (Å²) in [5.41, 5.74) is 3.34. The average molecular weight is 454 g/mol. The Balaban J connectivity index is 1.90. The maximum Gasteiger partial charge on any atom is 0.266 e. The molecule has 3 aromatic carbocycles. The zero-order valence-corrected chi connectivity index (χ0v) is 20.2. The van der Waals surface area contributed by atoms with Crippen LogP contribution >= 0.6 is 0 Å². The molecule has 5 nitrogen and oxygen atoms in total. The van der Waals surface area contributed by atoms with Gasteiger partial charge in [-0.25, -0.2) is 4.98 Å². The van der Waals surface area contributed by atoms with Crippen LogP contribution in [0, 0.1) is 12.8 Å². The zero-order valence-electron chi connectivity index (χ0n) is 20.2.